The highest BCUT2D eigenvalue weighted by Gasteiger charge is 2.26. The van der Waals surface area contributed by atoms with Crippen LogP contribution in [0.5, 0.6) is 5.75 Å². The molecule has 0 aliphatic carbocycles. The Morgan fingerprint density at radius 1 is 1.12 bits per heavy atom. The molecular weight excluding hydrogens is 434 g/mol. The average molecular weight is 452 g/mol. The number of aliphatic imine (C=N–C) groups is 2. The molecule has 3 aromatic rings. The number of benzene rings is 2. The zero-order valence-electron chi connectivity index (χ0n) is 17.0. The third kappa shape index (κ3) is 4.04. The molecule has 0 saturated carbocycles. The average Bonchev–Trinajstić information content (AvgIpc) is 3.27. The Morgan fingerprint density at radius 2 is 1.97 bits per heavy atom. The topological polar surface area (TPSA) is 59.3 Å². The first-order chi connectivity index (χ1) is 15.6. The Hall–Kier alpha value is -3.43. The molecule has 1 atom stereocenters. The highest BCUT2D eigenvalue weighted by molar-refractivity contribution is 7.13. The van der Waals surface area contributed by atoms with Gasteiger partial charge in [0.1, 0.15) is 11.6 Å². The van der Waals surface area contributed by atoms with Gasteiger partial charge < -0.3 is 14.4 Å². The van der Waals surface area contributed by atoms with Crippen LogP contribution >= 0.6 is 11.5 Å². The van der Waals surface area contributed by atoms with Crippen LogP contribution in [0.1, 0.15) is 12.5 Å². The van der Waals surface area contributed by atoms with Crippen LogP contribution in [0.3, 0.4) is 0 Å². The molecule has 6 nitrogen and oxygen atoms in total. The van der Waals surface area contributed by atoms with Gasteiger partial charge in [-0.05, 0) is 72.1 Å². The summed E-state index contributed by atoms with van der Waals surface area (Å²) in [6.07, 6.45) is 6.97. The first-order valence-electron chi connectivity index (χ1n) is 9.96. The first kappa shape index (κ1) is 20.5. The largest absolute Gasteiger partial charge is 0.435 e. The van der Waals surface area contributed by atoms with Gasteiger partial charge in [-0.1, -0.05) is 6.07 Å². The Bertz CT molecular complexity index is 1260. The summed E-state index contributed by atoms with van der Waals surface area (Å²) in [5, 5.41) is 1.07. The number of amidine groups is 1. The van der Waals surface area contributed by atoms with Crippen molar-refractivity contribution in [2.45, 2.75) is 19.9 Å². The van der Waals surface area contributed by atoms with E-state index in [0.717, 1.165) is 32.5 Å². The number of hydrogen-bond acceptors (Lipinski definition) is 7. The number of hydrogen-bond donors (Lipinski definition) is 0. The molecule has 2 aliphatic rings. The summed E-state index contributed by atoms with van der Waals surface area (Å²) in [4.78, 5) is 10.9. The lowest BCUT2D eigenvalue weighted by atomic mass is 9.98. The molecule has 3 heterocycles. The summed E-state index contributed by atoms with van der Waals surface area (Å²) in [5.74, 6) is 0.762. The Morgan fingerprint density at radius 3 is 2.75 bits per heavy atom. The highest BCUT2D eigenvalue weighted by Crippen LogP contribution is 2.32. The van der Waals surface area contributed by atoms with Crippen molar-refractivity contribution < 1.29 is 18.3 Å². The number of anilines is 1. The molecule has 0 saturated heterocycles. The molecule has 1 unspecified atom stereocenters. The number of rotatable bonds is 6. The van der Waals surface area contributed by atoms with Gasteiger partial charge in [0, 0.05) is 41.9 Å². The lowest BCUT2D eigenvalue weighted by molar-refractivity contribution is -0.0498. The van der Waals surface area contributed by atoms with Crippen LogP contribution in [0.25, 0.3) is 15.7 Å². The molecule has 162 valence electrons. The van der Waals surface area contributed by atoms with E-state index in [9.17, 15) is 8.78 Å². The second-order valence-corrected chi connectivity index (χ2v) is 7.85. The number of halogens is 2. The number of fused-ring (bicyclic) bond motifs is 2. The molecule has 32 heavy (non-hydrogen) atoms. The summed E-state index contributed by atoms with van der Waals surface area (Å²) in [6.45, 7) is -0.508. The predicted octanol–water partition coefficient (Wildman–Crippen LogP) is 5.49. The number of alkyl halides is 2. The number of aromatic nitrogens is 1. The van der Waals surface area contributed by atoms with Crippen molar-refractivity contribution in [2.75, 3.05) is 11.5 Å². The maximum absolute atomic E-state index is 12.5. The van der Waals surface area contributed by atoms with E-state index in [1.807, 2.05) is 42.4 Å². The minimum absolute atomic E-state index is 0.0930. The van der Waals surface area contributed by atoms with E-state index in [0.29, 0.717) is 12.4 Å². The Labute approximate surface area is 187 Å². The quantitative estimate of drug-likeness (QED) is 0.496. The molecule has 0 N–H and O–H groups in total. The summed E-state index contributed by atoms with van der Waals surface area (Å²) in [7, 11) is 0. The van der Waals surface area contributed by atoms with Crippen LogP contribution in [-0.4, -0.2) is 36.0 Å². The Balaban J connectivity index is 1.56. The maximum Gasteiger partial charge on any atom is 0.387 e. The van der Waals surface area contributed by atoms with Gasteiger partial charge in [0.15, 0.2) is 0 Å². The standard InChI is InChI=1S/C23H18F2N4O2S/c1-2-30-23-26-11-16-10-17(14-3-8-20-15(9-14)12-27-32-20)13-29(21(16)28-23)18-4-6-19(7-5-18)31-22(24)25/h3-13,22-23H,2H2,1H3. The van der Waals surface area contributed by atoms with E-state index in [-0.39, 0.29) is 5.75 Å². The second kappa shape index (κ2) is 8.60. The molecule has 2 aromatic carbocycles. The smallest absolute Gasteiger partial charge is 0.387 e. The molecule has 0 fully saturated rings. The van der Waals surface area contributed by atoms with Crippen molar-refractivity contribution in [1.82, 2.24) is 4.37 Å². The lowest BCUT2D eigenvalue weighted by Crippen LogP contribution is -2.34. The van der Waals surface area contributed by atoms with Gasteiger partial charge in [0.25, 0.3) is 0 Å². The van der Waals surface area contributed by atoms with Gasteiger partial charge in [0.2, 0.25) is 6.35 Å². The maximum atomic E-state index is 12.5. The zero-order chi connectivity index (χ0) is 22.1. The van der Waals surface area contributed by atoms with E-state index in [1.54, 1.807) is 18.3 Å². The Kier molecular flexibility index (Phi) is 5.50. The second-order valence-electron chi connectivity index (χ2n) is 7.02. The van der Waals surface area contributed by atoms with Gasteiger partial charge in [-0.3, -0.25) is 0 Å². The van der Waals surface area contributed by atoms with Gasteiger partial charge in [-0.15, -0.1) is 0 Å². The van der Waals surface area contributed by atoms with Crippen molar-refractivity contribution in [3.8, 4) is 5.75 Å². The summed E-state index contributed by atoms with van der Waals surface area (Å²) >= 11 is 1.45. The van der Waals surface area contributed by atoms with E-state index in [1.165, 1.54) is 23.7 Å². The third-order valence-electron chi connectivity index (χ3n) is 4.98. The molecule has 0 radical (unpaired) electrons. The van der Waals surface area contributed by atoms with Gasteiger partial charge in [0.05, 0.1) is 4.70 Å². The van der Waals surface area contributed by atoms with Crippen LogP contribution in [0.4, 0.5) is 14.5 Å². The molecule has 9 heteroatoms. The number of nitrogens with zero attached hydrogens (tertiary/aromatic N) is 4. The molecule has 2 aliphatic heterocycles. The summed E-state index contributed by atoms with van der Waals surface area (Å²) in [5.41, 5.74) is 3.56. The highest BCUT2D eigenvalue weighted by atomic mass is 32.1. The first-order valence-corrected chi connectivity index (χ1v) is 10.7. The molecule has 5 rings (SSSR count). The van der Waals surface area contributed by atoms with Crippen LogP contribution < -0.4 is 9.64 Å². The fraction of sp³-hybridized carbons (Fsp3) is 0.174. The van der Waals surface area contributed by atoms with Gasteiger partial charge in [-0.2, -0.15) is 13.2 Å². The van der Waals surface area contributed by atoms with Crippen molar-refractivity contribution in [1.29, 1.82) is 0 Å². The van der Waals surface area contributed by atoms with Crippen LogP contribution in [-0.2, 0) is 4.74 Å². The van der Waals surface area contributed by atoms with E-state index < -0.39 is 13.0 Å². The van der Waals surface area contributed by atoms with Crippen molar-refractivity contribution in [3.05, 3.63) is 72.1 Å². The number of allylic oxidation sites excluding steroid dienone is 2. The lowest BCUT2D eigenvalue weighted by Gasteiger charge is -2.30. The minimum Gasteiger partial charge on any atom is -0.435 e. The van der Waals surface area contributed by atoms with E-state index in [2.05, 4.69) is 25.2 Å². The van der Waals surface area contributed by atoms with Crippen LogP contribution in [0.2, 0.25) is 0 Å². The monoisotopic (exact) mass is 452 g/mol. The van der Waals surface area contributed by atoms with Crippen molar-refractivity contribution in [3.63, 3.8) is 0 Å². The molecule has 0 amide bonds. The third-order valence-corrected chi connectivity index (χ3v) is 5.76. The zero-order valence-corrected chi connectivity index (χ0v) is 17.8. The van der Waals surface area contributed by atoms with E-state index >= 15 is 0 Å². The van der Waals surface area contributed by atoms with Gasteiger partial charge >= 0.3 is 6.61 Å². The van der Waals surface area contributed by atoms with Crippen molar-refractivity contribution >= 4 is 44.9 Å². The van der Waals surface area contributed by atoms with E-state index in [4.69, 9.17) is 4.74 Å². The van der Waals surface area contributed by atoms with Gasteiger partial charge in [-0.25, -0.2) is 9.98 Å². The minimum atomic E-state index is -2.87. The molecule has 1 aromatic heterocycles. The van der Waals surface area contributed by atoms with Crippen LogP contribution in [0, 0.1) is 0 Å². The predicted molar refractivity (Wildman–Crippen MR) is 123 cm³/mol. The SMILES string of the molecule is CCOC1N=CC2=CC(c3ccc4sncc4c3)=CN(c3ccc(OC(F)F)cc3)C2=N1. The summed E-state index contributed by atoms with van der Waals surface area (Å²) in [6, 6.07) is 12.6. The number of ether oxygens (including phenoxy) is 2. The van der Waals surface area contributed by atoms with Crippen LogP contribution in [0.15, 0.2) is 76.5 Å². The molecule has 0 bridgehead atoms. The van der Waals surface area contributed by atoms with Crippen molar-refractivity contribution in [2.24, 2.45) is 9.98 Å². The fourth-order valence-electron chi connectivity index (χ4n) is 3.55. The molecule has 0 spiro atoms. The fourth-order valence-corrected chi connectivity index (χ4v) is 4.17. The normalized spacial score (nSPS) is 17.8. The molecular formula is C23H18F2N4O2S. The summed E-state index contributed by atoms with van der Waals surface area (Å²) < 4.78 is 40.5.